The Balaban J connectivity index is 2.14. The second-order valence-electron chi connectivity index (χ2n) is 4.01. The molecule has 1 atom stereocenters. The molecule has 0 saturated carbocycles. The lowest BCUT2D eigenvalue weighted by atomic mass is 10.1. The highest BCUT2D eigenvalue weighted by atomic mass is 19.1. The fraction of sp³-hybridized carbons (Fsp3) is 0.154. The highest BCUT2D eigenvalue weighted by molar-refractivity contribution is 5.76. The van der Waals surface area contributed by atoms with Crippen molar-refractivity contribution >= 4 is 11.8 Å². The zero-order valence-electron chi connectivity index (χ0n) is 10.2. The third kappa shape index (κ3) is 3.25. The number of carboxylic acids is 1. The molecule has 1 aromatic carbocycles. The van der Waals surface area contributed by atoms with Crippen molar-refractivity contribution in [2.45, 2.75) is 13.0 Å². The Morgan fingerprint density at radius 2 is 1.89 bits per heavy atom. The van der Waals surface area contributed by atoms with Gasteiger partial charge in [-0.05, 0) is 43.3 Å². The van der Waals surface area contributed by atoms with E-state index in [0.29, 0.717) is 11.5 Å². The van der Waals surface area contributed by atoms with Gasteiger partial charge in [-0.1, -0.05) is 0 Å². The van der Waals surface area contributed by atoms with Crippen molar-refractivity contribution < 1.29 is 14.3 Å². The van der Waals surface area contributed by atoms with Crippen LogP contribution < -0.4 is 5.32 Å². The summed E-state index contributed by atoms with van der Waals surface area (Å²) in [5, 5.41) is 19.3. The highest BCUT2D eigenvalue weighted by Crippen LogP contribution is 2.17. The summed E-state index contributed by atoms with van der Waals surface area (Å²) in [5.74, 6) is -0.907. The number of aliphatic carboxylic acids is 1. The van der Waals surface area contributed by atoms with Crippen LogP contribution in [-0.2, 0) is 4.79 Å². The Morgan fingerprint density at radius 1 is 1.21 bits per heavy atom. The summed E-state index contributed by atoms with van der Waals surface area (Å²) in [6.07, 6.45) is 0. The largest absolute Gasteiger partial charge is 0.480 e. The van der Waals surface area contributed by atoms with Crippen LogP contribution in [0.4, 0.5) is 10.2 Å². The van der Waals surface area contributed by atoms with E-state index in [9.17, 15) is 9.18 Å². The first-order valence-electron chi connectivity index (χ1n) is 5.65. The van der Waals surface area contributed by atoms with Crippen molar-refractivity contribution in [3.05, 3.63) is 42.2 Å². The average molecular weight is 261 g/mol. The van der Waals surface area contributed by atoms with E-state index >= 15 is 0 Å². The molecule has 0 aliphatic carbocycles. The van der Waals surface area contributed by atoms with Crippen LogP contribution in [0.15, 0.2) is 36.4 Å². The Hall–Kier alpha value is -2.50. The van der Waals surface area contributed by atoms with Crippen LogP contribution in [0.1, 0.15) is 6.92 Å². The first kappa shape index (κ1) is 12.9. The number of hydrogen-bond acceptors (Lipinski definition) is 4. The maximum absolute atomic E-state index is 12.8. The van der Waals surface area contributed by atoms with Gasteiger partial charge in [0.2, 0.25) is 0 Å². The number of carboxylic acid groups (broad SMARTS) is 1. The summed E-state index contributed by atoms with van der Waals surface area (Å²) < 4.78 is 12.8. The molecule has 2 rings (SSSR count). The lowest BCUT2D eigenvalue weighted by Crippen LogP contribution is -2.25. The van der Waals surface area contributed by atoms with Crippen LogP contribution >= 0.6 is 0 Å². The summed E-state index contributed by atoms with van der Waals surface area (Å²) in [6.45, 7) is 1.51. The van der Waals surface area contributed by atoms with E-state index < -0.39 is 12.0 Å². The summed E-state index contributed by atoms with van der Waals surface area (Å²) in [4.78, 5) is 10.7. The minimum atomic E-state index is -0.968. The molecule has 2 aromatic rings. The standard InChI is InChI=1S/C13H12FN3O2/c1-8(13(18)19)15-12-7-6-11(16-17-12)9-2-4-10(14)5-3-9/h2-8H,1H3,(H,15,17)(H,18,19). The molecule has 0 fully saturated rings. The van der Waals surface area contributed by atoms with E-state index in [0.717, 1.165) is 5.56 Å². The van der Waals surface area contributed by atoms with E-state index in [4.69, 9.17) is 5.11 Å². The van der Waals surface area contributed by atoms with Gasteiger partial charge >= 0.3 is 5.97 Å². The first-order chi connectivity index (χ1) is 9.06. The number of aromatic nitrogens is 2. The molecule has 5 nitrogen and oxygen atoms in total. The van der Waals surface area contributed by atoms with Crippen LogP contribution in [-0.4, -0.2) is 27.3 Å². The number of benzene rings is 1. The molecule has 0 aliphatic heterocycles. The second-order valence-corrected chi connectivity index (χ2v) is 4.01. The molecule has 19 heavy (non-hydrogen) atoms. The van der Waals surface area contributed by atoms with Gasteiger partial charge in [0.1, 0.15) is 17.7 Å². The highest BCUT2D eigenvalue weighted by Gasteiger charge is 2.11. The fourth-order valence-corrected chi connectivity index (χ4v) is 1.47. The third-order valence-electron chi connectivity index (χ3n) is 2.54. The Kier molecular flexibility index (Phi) is 3.70. The molecule has 6 heteroatoms. The van der Waals surface area contributed by atoms with E-state index in [1.807, 2.05) is 0 Å². The predicted molar refractivity (Wildman–Crippen MR) is 68.1 cm³/mol. The van der Waals surface area contributed by atoms with E-state index in [-0.39, 0.29) is 5.82 Å². The monoisotopic (exact) mass is 261 g/mol. The van der Waals surface area contributed by atoms with Crippen molar-refractivity contribution in [1.82, 2.24) is 10.2 Å². The third-order valence-corrected chi connectivity index (χ3v) is 2.54. The molecule has 1 unspecified atom stereocenters. The molecule has 1 heterocycles. The lowest BCUT2D eigenvalue weighted by Gasteiger charge is -2.09. The molecular weight excluding hydrogens is 249 g/mol. The van der Waals surface area contributed by atoms with Gasteiger partial charge in [0.25, 0.3) is 0 Å². The van der Waals surface area contributed by atoms with Crippen molar-refractivity contribution in [3.63, 3.8) is 0 Å². The molecule has 0 bridgehead atoms. The van der Waals surface area contributed by atoms with Gasteiger partial charge < -0.3 is 10.4 Å². The Bertz CT molecular complexity index is 569. The van der Waals surface area contributed by atoms with Gasteiger partial charge in [0.05, 0.1) is 5.69 Å². The molecule has 2 N–H and O–H groups in total. The number of hydrogen-bond donors (Lipinski definition) is 2. The van der Waals surface area contributed by atoms with Gasteiger partial charge in [0.15, 0.2) is 0 Å². The maximum Gasteiger partial charge on any atom is 0.325 e. The molecule has 1 aromatic heterocycles. The number of nitrogens with zero attached hydrogens (tertiary/aromatic N) is 2. The zero-order valence-corrected chi connectivity index (χ0v) is 10.2. The van der Waals surface area contributed by atoms with Crippen molar-refractivity contribution in [2.75, 3.05) is 5.32 Å². The van der Waals surface area contributed by atoms with Crippen LogP contribution in [0.5, 0.6) is 0 Å². The average Bonchev–Trinajstić information content (AvgIpc) is 2.40. The smallest absolute Gasteiger partial charge is 0.325 e. The normalized spacial score (nSPS) is 11.9. The van der Waals surface area contributed by atoms with E-state index in [2.05, 4.69) is 15.5 Å². The summed E-state index contributed by atoms with van der Waals surface area (Å²) >= 11 is 0. The minimum Gasteiger partial charge on any atom is -0.480 e. The summed E-state index contributed by atoms with van der Waals surface area (Å²) in [6, 6.07) is 8.47. The van der Waals surface area contributed by atoms with Gasteiger partial charge in [-0.2, -0.15) is 0 Å². The predicted octanol–water partition coefficient (Wildman–Crippen LogP) is 2.17. The summed E-state index contributed by atoms with van der Waals surface area (Å²) in [7, 11) is 0. The molecule has 0 saturated heterocycles. The van der Waals surface area contributed by atoms with Gasteiger partial charge in [-0.3, -0.25) is 4.79 Å². The van der Waals surface area contributed by atoms with Crippen LogP contribution in [0.3, 0.4) is 0 Å². The number of carbonyl (C=O) groups is 1. The topological polar surface area (TPSA) is 75.1 Å². The number of rotatable bonds is 4. The molecule has 0 amide bonds. The number of anilines is 1. The van der Waals surface area contributed by atoms with Crippen LogP contribution in [0.25, 0.3) is 11.3 Å². The molecular formula is C13H12FN3O2. The van der Waals surface area contributed by atoms with Gasteiger partial charge in [-0.25, -0.2) is 4.39 Å². The fourth-order valence-electron chi connectivity index (χ4n) is 1.47. The molecule has 0 aliphatic rings. The Morgan fingerprint density at radius 3 is 2.42 bits per heavy atom. The molecule has 98 valence electrons. The van der Waals surface area contributed by atoms with Crippen molar-refractivity contribution in [2.24, 2.45) is 0 Å². The quantitative estimate of drug-likeness (QED) is 0.882. The van der Waals surface area contributed by atoms with Gasteiger partial charge in [0, 0.05) is 5.56 Å². The van der Waals surface area contributed by atoms with Crippen molar-refractivity contribution in [1.29, 1.82) is 0 Å². The van der Waals surface area contributed by atoms with E-state index in [1.54, 1.807) is 24.3 Å². The molecule has 0 spiro atoms. The van der Waals surface area contributed by atoms with Crippen molar-refractivity contribution in [3.8, 4) is 11.3 Å². The van der Waals surface area contributed by atoms with Crippen LogP contribution in [0, 0.1) is 5.82 Å². The minimum absolute atomic E-state index is 0.315. The van der Waals surface area contributed by atoms with Crippen LogP contribution in [0.2, 0.25) is 0 Å². The summed E-state index contributed by atoms with van der Waals surface area (Å²) in [5.41, 5.74) is 1.33. The number of halogens is 1. The van der Waals surface area contributed by atoms with E-state index in [1.165, 1.54) is 19.1 Å². The maximum atomic E-state index is 12.8. The SMILES string of the molecule is CC(Nc1ccc(-c2ccc(F)cc2)nn1)C(=O)O. The number of nitrogens with one attached hydrogen (secondary N) is 1. The first-order valence-corrected chi connectivity index (χ1v) is 5.65. The Labute approximate surface area is 109 Å². The second kappa shape index (κ2) is 5.43. The van der Waals surface area contributed by atoms with Gasteiger partial charge in [-0.15, -0.1) is 10.2 Å². The lowest BCUT2D eigenvalue weighted by molar-refractivity contribution is -0.137. The zero-order chi connectivity index (χ0) is 13.8. The molecule has 0 radical (unpaired) electrons.